The second-order valence-corrected chi connectivity index (χ2v) is 8.83. The lowest BCUT2D eigenvalue weighted by molar-refractivity contribution is -0.260. The van der Waals surface area contributed by atoms with Crippen LogP contribution < -0.4 is 10.7 Å². The molecule has 3 rings (SSSR count). The summed E-state index contributed by atoms with van der Waals surface area (Å²) >= 11 is 0. The van der Waals surface area contributed by atoms with Crippen LogP contribution in [0.5, 0.6) is 5.75 Å². The molecule has 33 heavy (non-hydrogen) atoms. The maximum absolute atomic E-state index is 14.0. The third-order valence-electron chi connectivity index (χ3n) is 5.74. The van der Waals surface area contributed by atoms with Crippen LogP contribution in [0.1, 0.15) is 43.1 Å². The summed E-state index contributed by atoms with van der Waals surface area (Å²) in [6.45, 7) is 3.34. The Morgan fingerprint density at radius 2 is 1.79 bits per heavy atom. The van der Waals surface area contributed by atoms with E-state index in [9.17, 15) is 33.0 Å². The highest BCUT2D eigenvalue weighted by Gasteiger charge is 2.56. The molecule has 0 bridgehead atoms. The molecular weight excluding hydrogens is 437 g/mol. The maximum atomic E-state index is 14.0. The van der Waals surface area contributed by atoms with E-state index in [-0.39, 0.29) is 33.8 Å². The molecule has 6 nitrogen and oxygen atoms in total. The van der Waals surface area contributed by atoms with E-state index in [1.54, 1.807) is 6.07 Å². The monoisotopic (exact) mass is 462 g/mol. The van der Waals surface area contributed by atoms with Crippen molar-refractivity contribution in [2.24, 2.45) is 0 Å². The number of pyridine rings is 1. The van der Waals surface area contributed by atoms with Crippen LogP contribution in [0.15, 0.2) is 53.5 Å². The minimum atomic E-state index is -5.00. The van der Waals surface area contributed by atoms with Crippen LogP contribution in [0.2, 0.25) is 0 Å². The van der Waals surface area contributed by atoms with E-state index in [4.69, 9.17) is 0 Å². The number of benzene rings is 2. The topological polar surface area (TPSA) is 102 Å². The molecule has 0 spiro atoms. The number of aliphatic hydroxyl groups is 1. The zero-order valence-electron chi connectivity index (χ0n) is 18.4. The third-order valence-corrected chi connectivity index (χ3v) is 5.74. The highest BCUT2D eigenvalue weighted by Crippen LogP contribution is 2.43. The summed E-state index contributed by atoms with van der Waals surface area (Å²) in [7, 11) is 0. The molecule has 2 aromatic carbocycles. The van der Waals surface area contributed by atoms with E-state index in [0.29, 0.717) is 10.9 Å². The number of rotatable bonds is 7. The third kappa shape index (κ3) is 5.03. The van der Waals surface area contributed by atoms with Crippen LogP contribution >= 0.6 is 0 Å². The molecule has 1 aromatic heterocycles. The molecule has 0 radical (unpaired) electrons. The van der Waals surface area contributed by atoms with E-state index >= 15 is 0 Å². The van der Waals surface area contributed by atoms with Crippen molar-refractivity contribution in [1.29, 1.82) is 0 Å². The molecule has 1 atom stereocenters. The highest BCUT2D eigenvalue weighted by molar-refractivity contribution is 5.94. The number of ketones is 1. The number of hydrogen-bond acceptors (Lipinski definition) is 5. The first-order valence-electron chi connectivity index (χ1n) is 10.2. The summed E-state index contributed by atoms with van der Waals surface area (Å²) in [5, 5.41) is 23.9. The molecule has 0 aliphatic heterocycles. The molecule has 0 aliphatic rings. The first kappa shape index (κ1) is 24.3. The zero-order valence-corrected chi connectivity index (χ0v) is 18.4. The lowest BCUT2D eigenvalue weighted by Gasteiger charge is -2.38. The maximum Gasteiger partial charge on any atom is 0.418 e. The van der Waals surface area contributed by atoms with Crippen LogP contribution in [-0.2, 0) is 5.41 Å². The SMILES string of the molecule is CC(=O)c1ccc(O)c(C(C)(C)CC(O)(CNc2ccc3[nH]ccc(=O)c3c2)C(F)(F)F)c1. The van der Waals surface area contributed by atoms with Gasteiger partial charge in [0.15, 0.2) is 16.8 Å². The Kier molecular flexibility index (Phi) is 6.30. The number of Topliss-reactive ketones (excluding diaryl/α,β-unsaturated/α-hetero) is 1. The van der Waals surface area contributed by atoms with Crippen LogP contribution in [0.4, 0.5) is 18.9 Å². The molecule has 176 valence electrons. The van der Waals surface area contributed by atoms with Gasteiger partial charge in [0.25, 0.3) is 0 Å². The number of aromatic nitrogens is 1. The fraction of sp³-hybridized carbons (Fsp3) is 0.333. The van der Waals surface area contributed by atoms with Gasteiger partial charge < -0.3 is 20.5 Å². The van der Waals surface area contributed by atoms with Gasteiger partial charge in [-0.05, 0) is 55.2 Å². The summed E-state index contributed by atoms with van der Waals surface area (Å²) in [5.74, 6) is -0.567. The number of aromatic hydroxyl groups is 1. The average molecular weight is 462 g/mol. The van der Waals surface area contributed by atoms with Crippen LogP contribution in [-0.4, -0.2) is 39.3 Å². The molecule has 0 amide bonds. The zero-order chi connectivity index (χ0) is 24.6. The molecule has 1 heterocycles. The average Bonchev–Trinajstić information content (AvgIpc) is 2.71. The number of carbonyl (C=O) groups is 1. The number of alkyl halides is 3. The molecule has 9 heteroatoms. The van der Waals surface area contributed by atoms with Crippen LogP contribution in [0.25, 0.3) is 10.9 Å². The fourth-order valence-corrected chi connectivity index (χ4v) is 3.92. The van der Waals surface area contributed by atoms with Crippen molar-refractivity contribution in [3.8, 4) is 5.75 Å². The van der Waals surface area contributed by atoms with Gasteiger partial charge in [-0.25, -0.2) is 0 Å². The molecule has 0 fully saturated rings. The van der Waals surface area contributed by atoms with Crippen LogP contribution in [0.3, 0.4) is 0 Å². The van der Waals surface area contributed by atoms with Gasteiger partial charge in [0, 0.05) is 40.0 Å². The number of phenolic OH excluding ortho intramolecular Hbond substituents is 1. The summed E-state index contributed by atoms with van der Waals surface area (Å²) in [6.07, 6.45) is -4.32. The van der Waals surface area contributed by atoms with Gasteiger partial charge in [-0.2, -0.15) is 13.2 Å². The Balaban J connectivity index is 1.92. The minimum absolute atomic E-state index is 0.120. The smallest absolute Gasteiger partial charge is 0.418 e. The lowest BCUT2D eigenvalue weighted by Crippen LogP contribution is -2.53. The Labute approximate surface area is 188 Å². The van der Waals surface area contributed by atoms with Gasteiger partial charge >= 0.3 is 6.18 Å². The van der Waals surface area contributed by atoms with Crippen molar-refractivity contribution >= 4 is 22.4 Å². The lowest BCUT2D eigenvalue weighted by atomic mass is 9.74. The second kappa shape index (κ2) is 8.55. The van der Waals surface area contributed by atoms with E-state index in [1.165, 1.54) is 63.4 Å². The molecule has 0 saturated carbocycles. The summed E-state index contributed by atoms with van der Waals surface area (Å²) in [6, 6.07) is 9.77. The Bertz CT molecular complexity index is 1250. The van der Waals surface area contributed by atoms with Gasteiger partial charge in [0.1, 0.15) is 5.75 Å². The number of aromatic amines is 1. The van der Waals surface area contributed by atoms with Gasteiger partial charge in [-0.3, -0.25) is 9.59 Å². The van der Waals surface area contributed by atoms with E-state index in [0.717, 1.165) is 0 Å². The van der Waals surface area contributed by atoms with Crippen molar-refractivity contribution in [3.05, 3.63) is 70.0 Å². The number of nitrogens with one attached hydrogen (secondary N) is 2. The summed E-state index contributed by atoms with van der Waals surface area (Å²) in [5.41, 5.74) is -3.68. The normalized spacial score (nSPS) is 14.2. The fourth-order valence-electron chi connectivity index (χ4n) is 3.92. The number of fused-ring (bicyclic) bond motifs is 1. The number of anilines is 1. The van der Waals surface area contributed by atoms with Crippen molar-refractivity contribution in [2.75, 3.05) is 11.9 Å². The molecule has 0 aliphatic carbocycles. The van der Waals surface area contributed by atoms with E-state index < -0.39 is 30.2 Å². The highest BCUT2D eigenvalue weighted by atomic mass is 19.4. The van der Waals surface area contributed by atoms with Gasteiger partial charge in [0.2, 0.25) is 0 Å². The van der Waals surface area contributed by atoms with Crippen LogP contribution in [0, 0.1) is 0 Å². The molecule has 1 unspecified atom stereocenters. The van der Waals surface area contributed by atoms with Crippen molar-refractivity contribution in [2.45, 2.75) is 44.4 Å². The van der Waals surface area contributed by atoms with Gasteiger partial charge in [0.05, 0.1) is 6.54 Å². The molecular formula is C24H25F3N2O4. The summed E-state index contributed by atoms with van der Waals surface area (Å²) in [4.78, 5) is 26.6. The van der Waals surface area contributed by atoms with E-state index in [1.807, 2.05) is 0 Å². The Morgan fingerprint density at radius 3 is 2.42 bits per heavy atom. The first-order valence-corrected chi connectivity index (χ1v) is 10.2. The van der Waals surface area contributed by atoms with E-state index in [2.05, 4.69) is 10.3 Å². The van der Waals surface area contributed by atoms with Crippen molar-refractivity contribution in [1.82, 2.24) is 4.98 Å². The predicted octanol–water partition coefficient (Wildman–Crippen LogP) is 4.51. The number of phenols is 1. The Morgan fingerprint density at radius 1 is 1.09 bits per heavy atom. The molecule has 3 aromatic rings. The van der Waals surface area contributed by atoms with Gasteiger partial charge in [-0.15, -0.1) is 0 Å². The largest absolute Gasteiger partial charge is 0.508 e. The van der Waals surface area contributed by atoms with Crippen molar-refractivity contribution in [3.63, 3.8) is 0 Å². The molecule has 4 N–H and O–H groups in total. The Hall–Kier alpha value is -3.33. The first-order chi connectivity index (χ1) is 15.2. The second-order valence-electron chi connectivity index (χ2n) is 8.83. The number of carbonyl (C=O) groups excluding carboxylic acids is 1. The standard InChI is InChI=1S/C24H25F3N2O4/c1-14(30)15-4-7-21(32)18(10-15)22(2,3)12-23(33,24(25,26)27)13-29-16-5-6-19-17(11-16)20(31)8-9-28-19/h4-11,29,32-33H,12-13H2,1-3H3,(H,28,31). The molecule has 0 saturated heterocycles. The number of hydrogen-bond donors (Lipinski definition) is 4. The number of H-pyrrole nitrogens is 1. The number of halogens is 3. The quantitative estimate of drug-likeness (QED) is 0.387. The van der Waals surface area contributed by atoms with Crippen molar-refractivity contribution < 1.29 is 28.2 Å². The summed E-state index contributed by atoms with van der Waals surface area (Å²) < 4.78 is 42.1. The minimum Gasteiger partial charge on any atom is -0.508 e. The predicted molar refractivity (Wildman–Crippen MR) is 120 cm³/mol. The van der Waals surface area contributed by atoms with Gasteiger partial charge in [-0.1, -0.05) is 13.8 Å².